The van der Waals surface area contributed by atoms with Gasteiger partial charge in [-0.05, 0) is 12.8 Å². The van der Waals surface area contributed by atoms with Crippen molar-refractivity contribution in [1.29, 1.82) is 0 Å². The molecular weight excluding hydrogens is 668 g/mol. The normalized spacial score (nSPS) is 30.4. The van der Waals surface area contributed by atoms with Gasteiger partial charge in [0.15, 0.2) is 12.6 Å². The van der Waals surface area contributed by atoms with Crippen LogP contribution in [0.3, 0.4) is 0 Å². The Morgan fingerprint density at radius 3 is 1.59 bits per heavy atom. The number of aliphatic hydroxyl groups is 7. The Bertz CT molecular complexity index is 865. The lowest BCUT2D eigenvalue weighted by atomic mass is 9.98. The zero-order chi connectivity index (χ0) is 37.4. The molecule has 0 bridgehead atoms. The first-order chi connectivity index (χ1) is 24.6. The van der Waals surface area contributed by atoms with Gasteiger partial charge in [-0.2, -0.15) is 0 Å². The van der Waals surface area contributed by atoms with E-state index in [1.807, 2.05) is 0 Å². The molecule has 0 aromatic carbocycles. The average Bonchev–Trinajstić information content (AvgIpc) is 3.12. The number of esters is 1. The second-order valence-corrected chi connectivity index (χ2v) is 14.1. The maximum atomic E-state index is 12.7. The highest BCUT2D eigenvalue weighted by Crippen LogP contribution is 2.26. The minimum absolute atomic E-state index is 0.0667. The number of unbranched alkanes of at least 4 members (excludes halogenated alkanes) is 15. The van der Waals surface area contributed by atoms with Gasteiger partial charge in [0.1, 0.15) is 54.9 Å². The zero-order valence-electron chi connectivity index (χ0n) is 31.1. The fraction of sp³-hybridized carbons (Fsp3) is 0.973. The molecule has 0 aromatic rings. The van der Waals surface area contributed by atoms with Gasteiger partial charge in [0, 0.05) is 13.0 Å². The molecule has 2 fully saturated rings. The second kappa shape index (κ2) is 27.6. The van der Waals surface area contributed by atoms with Crippen molar-refractivity contribution < 1.29 is 69.0 Å². The summed E-state index contributed by atoms with van der Waals surface area (Å²) in [7, 11) is 0. The maximum Gasteiger partial charge on any atom is 0.306 e. The molecule has 0 spiro atoms. The Morgan fingerprint density at radius 2 is 1.04 bits per heavy atom. The van der Waals surface area contributed by atoms with Crippen LogP contribution in [0, 0.1) is 0 Å². The van der Waals surface area contributed by atoms with E-state index in [1.165, 1.54) is 57.8 Å². The second-order valence-electron chi connectivity index (χ2n) is 14.1. The minimum Gasteiger partial charge on any atom is -0.457 e. The molecule has 2 aliphatic heterocycles. The van der Waals surface area contributed by atoms with Crippen LogP contribution in [0.1, 0.15) is 129 Å². The Morgan fingerprint density at radius 1 is 0.569 bits per heavy atom. The van der Waals surface area contributed by atoms with Gasteiger partial charge in [-0.25, -0.2) is 0 Å². The van der Waals surface area contributed by atoms with Crippen LogP contribution in [0.25, 0.3) is 0 Å². The molecule has 2 saturated heterocycles. The maximum absolute atomic E-state index is 12.7. The highest BCUT2D eigenvalue weighted by Gasteiger charge is 2.47. The van der Waals surface area contributed by atoms with Crippen LogP contribution in [0.2, 0.25) is 0 Å². The first-order valence-electron chi connectivity index (χ1n) is 19.6. The third kappa shape index (κ3) is 17.8. The molecule has 14 nitrogen and oxygen atoms in total. The molecule has 302 valence electrons. The minimum atomic E-state index is -1.70. The standard InChI is InChI=1S/C37H70O14/c1-3-5-7-9-10-11-12-13-14-15-17-19-21-46-23-26(49-29(39)20-18-16-8-6-4-2)24-47-36-35(45)33(43)31(41)28(51-36)25-48-37-34(44)32(42)30(40)27(22-38)50-37/h26-28,30-38,40-45H,3-25H2,1-2H3. The molecule has 2 aliphatic rings. The van der Waals surface area contributed by atoms with Gasteiger partial charge in [0.25, 0.3) is 0 Å². The SMILES string of the molecule is CCCCCCCCCCCCCCOCC(COC1OC(COC2OC(CO)C(O)C(O)C2O)C(O)C(O)C1O)OC(=O)CCCCCCC. The summed E-state index contributed by atoms with van der Waals surface area (Å²) in [4.78, 5) is 12.7. The fourth-order valence-corrected chi connectivity index (χ4v) is 6.28. The van der Waals surface area contributed by atoms with Crippen LogP contribution < -0.4 is 0 Å². The summed E-state index contributed by atoms with van der Waals surface area (Å²) in [6.07, 6.45) is 3.78. The Kier molecular flexibility index (Phi) is 24.9. The van der Waals surface area contributed by atoms with Crippen molar-refractivity contribution in [3.63, 3.8) is 0 Å². The number of carbonyl (C=O) groups is 1. The fourth-order valence-electron chi connectivity index (χ4n) is 6.28. The van der Waals surface area contributed by atoms with Crippen LogP contribution in [0.5, 0.6) is 0 Å². The first-order valence-corrected chi connectivity index (χ1v) is 19.6. The summed E-state index contributed by atoms with van der Waals surface area (Å²) in [5.74, 6) is -0.388. The molecule has 0 aliphatic carbocycles. The van der Waals surface area contributed by atoms with Gasteiger partial charge in [-0.3, -0.25) is 4.79 Å². The van der Waals surface area contributed by atoms with Gasteiger partial charge in [0.2, 0.25) is 0 Å². The molecule has 0 radical (unpaired) electrons. The van der Waals surface area contributed by atoms with E-state index in [-0.39, 0.29) is 25.6 Å². The smallest absolute Gasteiger partial charge is 0.306 e. The molecule has 0 amide bonds. The third-order valence-electron chi connectivity index (χ3n) is 9.62. The predicted molar refractivity (Wildman–Crippen MR) is 188 cm³/mol. The van der Waals surface area contributed by atoms with Gasteiger partial charge in [-0.15, -0.1) is 0 Å². The number of ether oxygens (including phenoxy) is 6. The molecule has 51 heavy (non-hydrogen) atoms. The summed E-state index contributed by atoms with van der Waals surface area (Å²) >= 11 is 0. The monoisotopic (exact) mass is 738 g/mol. The van der Waals surface area contributed by atoms with Crippen LogP contribution >= 0.6 is 0 Å². The van der Waals surface area contributed by atoms with E-state index in [1.54, 1.807) is 0 Å². The summed E-state index contributed by atoms with van der Waals surface area (Å²) in [5, 5.41) is 71.4. The molecule has 11 atom stereocenters. The van der Waals surface area contributed by atoms with Gasteiger partial charge >= 0.3 is 5.97 Å². The molecule has 2 rings (SSSR count). The molecule has 0 aromatic heterocycles. The average molecular weight is 739 g/mol. The van der Waals surface area contributed by atoms with E-state index in [0.29, 0.717) is 13.0 Å². The van der Waals surface area contributed by atoms with E-state index >= 15 is 0 Å². The van der Waals surface area contributed by atoms with Crippen molar-refractivity contribution >= 4 is 5.97 Å². The van der Waals surface area contributed by atoms with Crippen molar-refractivity contribution in [2.24, 2.45) is 0 Å². The topological polar surface area (TPSA) is 214 Å². The molecular formula is C37H70O14. The van der Waals surface area contributed by atoms with E-state index in [2.05, 4.69) is 13.8 Å². The predicted octanol–water partition coefficient (Wildman–Crippen LogP) is 2.62. The van der Waals surface area contributed by atoms with E-state index in [0.717, 1.165) is 44.9 Å². The van der Waals surface area contributed by atoms with Gasteiger partial charge in [0.05, 0.1) is 26.4 Å². The summed E-state index contributed by atoms with van der Waals surface area (Å²) in [6, 6.07) is 0. The lowest BCUT2D eigenvalue weighted by molar-refractivity contribution is -0.332. The summed E-state index contributed by atoms with van der Waals surface area (Å²) in [6.45, 7) is 3.57. The lowest BCUT2D eigenvalue weighted by Gasteiger charge is -2.42. The highest BCUT2D eigenvalue weighted by molar-refractivity contribution is 5.69. The quantitative estimate of drug-likeness (QED) is 0.0434. The number of aliphatic hydroxyl groups excluding tert-OH is 7. The molecule has 14 heteroatoms. The lowest BCUT2D eigenvalue weighted by Crippen LogP contribution is -2.61. The van der Waals surface area contributed by atoms with Crippen molar-refractivity contribution in [3.8, 4) is 0 Å². The highest BCUT2D eigenvalue weighted by atomic mass is 16.7. The summed E-state index contributed by atoms with van der Waals surface area (Å²) in [5.41, 5.74) is 0. The summed E-state index contributed by atoms with van der Waals surface area (Å²) < 4.78 is 33.8. The van der Waals surface area contributed by atoms with E-state index < -0.39 is 80.7 Å². The largest absolute Gasteiger partial charge is 0.457 e. The Balaban J connectivity index is 1.83. The van der Waals surface area contributed by atoms with Gasteiger partial charge < -0.3 is 64.2 Å². The van der Waals surface area contributed by atoms with Crippen LogP contribution in [0.15, 0.2) is 0 Å². The number of carbonyl (C=O) groups excluding carboxylic acids is 1. The first kappa shape index (κ1) is 46.1. The van der Waals surface area contributed by atoms with Crippen LogP contribution in [0.4, 0.5) is 0 Å². The Labute approximate surface area is 304 Å². The molecule has 7 N–H and O–H groups in total. The van der Waals surface area contributed by atoms with Crippen molar-refractivity contribution in [1.82, 2.24) is 0 Å². The van der Waals surface area contributed by atoms with Crippen molar-refractivity contribution in [2.45, 2.75) is 197 Å². The van der Waals surface area contributed by atoms with Crippen LogP contribution in [-0.2, 0) is 33.2 Å². The van der Waals surface area contributed by atoms with E-state index in [4.69, 9.17) is 28.4 Å². The number of rotatable bonds is 29. The molecule has 2 heterocycles. The van der Waals surface area contributed by atoms with Gasteiger partial charge in [-0.1, -0.05) is 110 Å². The third-order valence-corrected chi connectivity index (χ3v) is 9.62. The van der Waals surface area contributed by atoms with E-state index in [9.17, 15) is 40.5 Å². The Hall–Kier alpha value is -1.01. The zero-order valence-corrected chi connectivity index (χ0v) is 31.1. The number of hydrogen-bond donors (Lipinski definition) is 7. The number of hydrogen-bond acceptors (Lipinski definition) is 14. The molecule has 11 unspecified atom stereocenters. The van der Waals surface area contributed by atoms with Crippen molar-refractivity contribution in [2.75, 3.05) is 33.0 Å². The van der Waals surface area contributed by atoms with Crippen LogP contribution in [-0.4, -0.2) is 142 Å². The molecule has 0 saturated carbocycles. The van der Waals surface area contributed by atoms with Crippen molar-refractivity contribution in [3.05, 3.63) is 0 Å².